The van der Waals surface area contributed by atoms with Crippen LogP contribution < -0.4 is 0 Å². The molecule has 0 radical (unpaired) electrons. The molecule has 0 saturated heterocycles. The largest absolute Gasteiger partial charge is 0.298 e. The molecule has 1 nitrogen and oxygen atoms in total. The van der Waals surface area contributed by atoms with Gasteiger partial charge in [0.05, 0.1) is 0 Å². The minimum Gasteiger partial charge on any atom is -0.298 e. The second-order valence-electron chi connectivity index (χ2n) is 3.88. The molecule has 0 aliphatic heterocycles. The highest BCUT2D eigenvalue weighted by molar-refractivity contribution is 7.17. The number of benzene rings is 2. The fraction of sp³-hybridized carbons (Fsp3) is 0. The maximum atomic E-state index is 11.0. The highest BCUT2D eigenvalue weighted by Crippen LogP contribution is 2.28. The van der Waals surface area contributed by atoms with Crippen LogP contribution in [-0.2, 0) is 0 Å². The van der Waals surface area contributed by atoms with Crippen molar-refractivity contribution in [3.8, 4) is 11.1 Å². The van der Waals surface area contributed by atoms with Gasteiger partial charge in [0.15, 0.2) is 6.29 Å². The molecule has 0 aliphatic carbocycles. The molecule has 0 saturated carbocycles. The summed E-state index contributed by atoms with van der Waals surface area (Å²) in [7, 11) is 0. The first-order chi connectivity index (χ1) is 8.38. The summed E-state index contributed by atoms with van der Waals surface area (Å²) < 4.78 is 1.28. The molecule has 0 fully saturated rings. The zero-order valence-electron chi connectivity index (χ0n) is 9.09. The Morgan fingerprint density at radius 2 is 1.88 bits per heavy atom. The van der Waals surface area contributed by atoms with Crippen LogP contribution in [0.1, 0.15) is 10.4 Å². The van der Waals surface area contributed by atoms with Gasteiger partial charge < -0.3 is 0 Å². The van der Waals surface area contributed by atoms with E-state index >= 15 is 0 Å². The van der Waals surface area contributed by atoms with Crippen LogP contribution in [0.2, 0.25) is 0 Å². The Balaban J connectivity index is 2.22. The first-order valence-corrected chi connectivity index (χ1v) is 6.28. The maximum absolute atomic E-state index is 11.0. The van der Waals surface area contributed by atoms with Crippen molar-refractivity contribution in [1.29, 1.82) is 0 Å². The van der Waals surface area contributed by atoms with E-state index in [0.717, 1.165) is 23.0 Å². The molecule has 1 heterocycles. The molecule has 82 valence electrons. The molecule has 0 bridgehead atoms. The van der Waals surface area contributed by atoms with Crippen molar-refractivity contribution in [2.45, 2.75) is 0 Å². The van der Waals surface area contributed by atoms with Gasteiger partial charge in [-0.2, -0.15) is 0 Å². The van der Waals surface area contributed by atoms with E-state index in [4.69, 9.17) is 0 Å². The van der Waals surface area contributed by atoms with Crippen molar-refractivity contribution in [1.82, 2.24) is 0 Å². The van der Waals surface area contributed by atoms with E-state index in [9.17, 15) is 4.79 Å². The lowest BCUT2D eigenvalue weighted by Crippen LogP contribution is -1.86. The summed E-state index contributed by atoms with van der Waals surface area (Å²) in [4.78, 5) is 11.0. The van der Waals surface area contributed by atoms with Crippen molar-refractivity contribution in [2.24, 2.45) is 0 Å². The molecule has 2 aromatic carbocycles. The summed E-state index contributed by atoms with van der Waals surface area (Å²) in [5.74, 6) is 0. The van der Waals surface area contributed by atoms with Crippen molar-refractivity contribution >= 4 is 27.7 Å². The lowest BCUT2D eigenvalue weighted by Gasteiger charge is -2.04. The number of thiophene rings is 1. The molecular formula is C15H10OS. The lowest BCUT2D eigenvalue weighted by atomic mass is 10.00. The summed E-state index contributed by atoms with van der Waals surface area (Å²) in [6, 6.07) is 16.1. The normalized spacial score (nSPS) is 10.6. The van der Waals surface area contributed by atoms with Crippen LogP contribution in [0, 0.1) is 0 Å². The van der Waals surface area contributed by atoms with E-state index in [2.05, 4.69) is 29.6 Å². The SMILES string of the molecule is O=Cc1ccccc1-c1ccc2sccc2c1. The molecule has 3 aromatic rings. The van der Waals surface area contributed by atoms with E-state index < -0.39 is 0 Å². The molecule has 2 heteroatoms. The third kappa shape index (κ3) is 1.77. The van der Waals surface area contributed by atoms with Crippen molar-refractivity contribution in [3.63, 3.8) is 0 Å². The molecular weight excluding hydrogens is 228 g/mol. The molecule has 0 unspecified atom stereocenters. The zero-order chi connectivity index (χ0) is 11.7. The van der Waals surface area contributed by atoms with Gasteiger partial charge in [0.25, 0.3) is 0 Å². The third-order valence-electron chi connectivity index (χ3n) is 2.85. The van der Waals surface area contributed by atoms with E-state index in [1.54, 1.807) is 11.3 Å². The highest BCUT2D eigenvalue weighted by Gasteiger charge is 2.04. The second-order valence-corrected chi connectivity index (χ2v) is 4.83. The number of rotatable bonds is 2. The number of hydrogen-bond acceptors (Lipinski definition) is 2. The molecule has 0 atom stereocenters. The van der Waals surface area contributed by atoms with Crippen LogP contribution in [0.4, 0.5) is 0 Å². The lowest BCUT2D eigenvalue weighted by molar-refractivity contribution is 0.112. The van der Waals surface area contributed by atoms with Crippen molar-refractivity contribution < 1.29 is 4.79 Å². The Bertz CT molecular complexity index is 682. The van der Waals surface area contributed by atoms with Crippen LogP contribution in [0.3, 0.4) is 0 Å². The monoisotopic (exact) mass is 238 g/mol. The van der Waals surface area contributed by atoms with Gasteiger partial charge in [-0.1, -0.05) is 30.3 Å². The van der Waals surface area contributed by atoms with Gasteiger partial charge in [-0.25, -0.2) is 0 Å². The molecule has 3 rings (SSSR count). The number of carbonyl (C=O) groups excluding carboxylic acids is 1. The molecule has 0 aliphatic rings. The number of carbonyl (C=O) groups is 1. The summed E-state index contributed by atoms with van der Waals surface area (Å²) in [5.41, 5.74) is 2.83. The topological polar surface area (TPSA) is 17.1 Å². The highest BCUT2D eigenvalue weighted by atomic mass is 32.1. The van der Waals surface area contributed by atoms with Gasteiger partial charge in [-0.15, -0.1) is 11.3 Å². The Labute approximate surface area is 103 Å². The molecule has 17 heavy (non-hydrogen) atoms. The predicted octanol–water partition coefficient (Wildman–Crippen LogP) is 4.38. The van der Waals surface area contributed by atoms with Gasteiger partial charge in [0.1, 0.15) is 0 Å². The van der Waals surface area contributed by atoms with Gasteiger partial charge in [-0.3, -0.25) is 4.79 Å². The van der Waals surface area contributed by atoms with Crippen LogP contribution in [-0.4, -0.2) is 6.29 Å². The summed E-state index contributed by atoms with van der Waals surface area (Å²) >= 11 is 1.73. The average Bonchev–Trinajstić information content (AvgIpc) is 2.85. The maximum Gasteiger partial charge on any atom is 0.150 e. The Kier molecular flexibility index (Phi) is 2.50. The standard InChI is InChI=1S/C15H10OS/c16-10-13-3-1-2-4-14(13)11-5-6-15-12(9-11)7-8-17-15/h1-10H. The fourth-order valence-electron chi connectivity index (χ4n) is 2.00. The van der Waals surface area contributed by atoms with Crippen LogP contribution in [0.5, 0.6) is 0 Å². The van der Waals surface area contributed by atoms with Crippen molar-refractivity contribution in [2.75, 3.05) is 0 Å². The Morgan fingerprint density at radius 3 is 2.76 bits per heavy atom. The predicted molar refractivity (Wildman–Crippen MR) is 72.6 cm³/mol. The minimum absolute atomic E-state index is 0.738. The number of aldehydes is 1. The first kappa shape index (κ1) is 10.2. The average molecular weight is 238 g/mol. The van der Waals surface area contributed by atoms with E-state index in [-0.39, 0.29) is 0 Å². The first-order valence-electron chi connectivity index (χ1n) is 5.40. The number of hydrogen-bond donors (Lipinski definition) is 0. The summed E-state index contributed by atoms with van der Waals surface area (Å²) in [6.45, 7) is 0. The van der Waals surface area contributed by atoms with Crippen molar-refractivity contribution in [3.05, 3.63) is 59.5 Å². The zero-order valence-corrected chi connectivity index (χ0v) is 9.91. The molecule has 0 spiro atoms. The Morgan fingerprint density at radius 1 is 1.00 bits per heavy atom. The fourth-order valence-corrected chi connectivity index (χ4v) is 2.77. The van der Waals surface area contributed by atoms with Crippen LogP contribution in [0.25, 0.3) is 21.2 Å². The summed E-state index contributed by atoms with van der Waals surface area (Å²) in [5, 5.41) is 3.31. The quantitative estimate of drug-likeness (QED) is 0.605. The van der Waals surface area contributed by atoms with Gasteiger partial charge in [0, 0.05) is 10.3 Å². The Hall–Kier alpha value is -1.93. The van der Waals surface area contributed by atoms with E-state index in [1.807, 2.05) is 24.3 Å². The number of fused-ring (bicyclic) bond motifs is 1. The van der Waals surface area contributed by atoms with Gasteiger partial charge in [0.2, 0.25) is 0 Å². The van der Waals surface area contributed by atoms with E-state index in [1.165, 1.54) is 10.1 Å². The van der Waals surface area contributed by atoms with E-state index in [0.29, 0.717) is 0 Å². The molecule has 0 N–H and O–H groups in total. The minimum atomic E-state index is 0.738. The molecule has 0 amide bonds. The molecule has 1 aromatic heterocycles. The van der Waals surface area contributed by atoms with Crippen LogP contribution >= 0.6 is 11.3 Å². The third-order valence-corrected chi connectivity index (χ3v) is 3.75. The van der Waals surface area contributed by atoms with Crippen LogP contribution in [0.15, 0.2) is 53.9 Å². The smallest absolute Gasteiger partial charge is 0.150 e. The second kappa shape index (κ2) is 4.15. The summed E-state index contributed by atoms with van der Waals surface area (Å²) in [6.07, 6.45) is 0.910. The van der Waals surface area contributed by atoms with Gasteiger partial charge in [-0.05, 0) is 40.1 Å². The van der Waals surface area contributed by atoms with Gasteiger partial charge >= 0.3 is 0 Å².